The molecule has 0 amide bonds. The highest BCUT2D eigenvalue weighted by molar-refractivity contribution is 6.33. The molecule has 0 aromatic heterocycles. The van der Waals surface area contributed by atoms with Gasteiger partial charge in [0.1, 0.15) is 33.8 Å². The zero-order valence-corrected chi connectivity index (χ0v) is 40.7. The fourth-order valence-corrected chi connectivity index (χ4v) is 13.4. The van der Waals surface area contributed by atoms with E-state index < -0.39 is 23.1 Å². The van der Waals surface area contributed by atoms with Crippen molar-refractivity contribution < 1.29 is 29.3 Å². The smallest absolute Gasteiger partial charge is 0.342 e. The Morgan fingerprint density at radius 2 is 1.30 bits per heavy atom. The molecule has 338 valence electrons. The number of rotatable bonds is 12. The van der Waals surface area contributed by atoms with Crippen LogP contribution in [0.4, 0.5) is 0 Å². The van der Waals surface area contributed by atoms with Crippen molar-refractivity contribution in [2.45, 2.75) is 177 Å². The van der Waals surface area contributed by atoms with Crippen LogP contribution in [0.25, 0.3) is 5.57 Å². The van der Waals surface area contributed by atoms with Crippen LogP contribution in [0, 0.1) is 58.2 Å². The van der Waals surface area contributed by atoms with Gasteiger partial charge in [-0.15, -0.1) is 0 Å². The van der Waals surface area contributed by atoms with E-state index >= 15 is 0 Å². The van der Waals surface area contributed by atoms with Gasteiger partial charge in [-0.25, -0.2) is 9.59 Å². The molecular weight excluding hydrogens is 803 g/mol. The van der Waals surface area contributed by atoms with Crippen molar-refractivity contribution in [3.05, 3.63) is 62.6 Å². The van der Waals surface area contributed by atoms with E-state index in [0.29, 0.717) is 33.4 Å². The number of fused-ring (bicyclic) bond motifs is 5. The molecule has 61 heavy (non-hydrogen) atoms. The predicted octanol–water partition coefficient (Wildman–Crippen LogP) is 15.3. The number of phenols is 2. The summed E-state index contributed by atoms with van der Waals surface area (Å²) >= 11 is 13.2. The third kappa shape index (κ3) is 10.5. The van der Waals surface area contributed by atoms with Gasteiger partial charge in [-0.05, 0) is 211 Å². The van der Waals surface area contributed by atoms with Gasteiger partial charge in [-0.1, -0.05) is 83.2 Å². The van der Waals surface area contributed by atoms with Crippen molar-refractivity contribution in [3.63, 3.8) is 0 Å². The summed E-state index contributed by atoms with van der Waals surface area (Å²) in [7, 11) is 0. The average Bonchev–Trinajstić information content (AvgIpc) is 3.51. The van der Waals surface area contributed by atoms with Crippen molar-refractivity contribution in [3.8, 4) is 11.5 Å². The largest absolute Gasteiger partial charge is 0.505 e. The minimum atomic E-state index is -0.796. The van der Waals surface area contributed by atoms with Gasteiger partial charge < -0.3 is 19.7 Å². The zero-order chi connectivity index (χ0) is 44.8. The van der Waals surface area contributed by atoms with E-state index in [0.717, 1.165) is 54.3 Å². The molecule has 0 aliphatic heterocycles. The van der Waals surface area contributed by atoms with Gasteiger partial charge in [0.2, 0.25) is 0 Å². The molecule has 2 aromatic rings. The van der Waals surface area contributed by atoms with Gasteiger partial charge in [0.05, 0.1) is 10.0 Å². The normalized spacial score (nSPS) is 29.3. The topological polar surface area (TPSA) is 93.1 Å². The van der Waals surface area contributed by atoms with Gasteiger partial charge in [-0.2, -0.15) is 0 Å². The second kappa shape index (κ2) is 18.4. The maximum Gasteiger partial charge on any atom is 0.342 e. The first-order chi connectivity index (χ1) is 28.4. The van der Waals surface area contributed by atoms with Crippen molar-refractivity contribution in [1.82, 2.24) is 0 Å². The summed E-state index contributed by atoms with van der Waals surface area (Å²) < 4.78 is 11.3. The van der Waals surface area contributed by atoms with Crippen LogP contribution in [0.3, 0.4) is 0 Å². The number of benzene rings is 2. The van der Waals surface area contributed by atoms with E-state index in [9.17, 15) is 19.8 Å². The van der Waals surface area contributed by atoms with E-state index in [-0.39, 0.29) is 32.7 Å². The Hall–Kier alpha value is -2.70. The van der Waals surface area contributed by atoms with E-state index in [2.05, 4.69) is 40.7 Å². The first-order valence-corrected chi connectivity index (χ1v) is 24.4. The summed E-state index contributed by atoms with van der Waals surface area (Å²) in [4.78, 5) is 26.7. The molecule has 0 heterocycles. The molecule has 9 atom stereocenters. The lowest BCUT2D eigenvalue weighted by molar-refractivity contribution is -0.121. The van der Waals surface area contributed by atoms with Crippen LogP contribution in [0.1, 0.15) is 198 Å². The minimum Gasteiger partial charge on any atom is -0.505 e. The quantitative estimate of drug-likeness (QED) is 0.206. The van der Waals surface area contributed by atoms with Crippen LogP contribution in [0.15, 0.2) is 30.3 Å². The Labute approximate surface area is 377 Å². The van der Waals surface area contributed by atoms with Crippen LogP contribution in [0.2, 0.25) is 10.0 Å². The third-order valence-corrected chi connectivity index (χ3v) is 16.5. The van der Waals surface area contributed by atoms with E-state index in [4.69, 9.17) is 32.7 Å². The maximum absolute atomic E-state index is 13.4. The van der Waals surface area contributed by atoms with Crippen LogP contribution in [0.5, 0.6) is 11.5 Å². The number of phenolic OH excluding ortho intramolecular Hbond substituents is 2. The molecule has 0 spiro atoms. The van der Waals surface area contributed by atoms with Gasteiger partial charge in [0.25, 0.3) is 0 Å². The van der Waals surface area contributed by atoms with Crippen LogP contribution >= 0.6 is 23.2 Å². The Bertz CT molecular complexity index is 1870. The number of esters is 2. The summed E-state index contributed by atoms with van der Waals surface area (Å²) in [5.74, 6) is 4.31. The molecule has 0 saturated heterocycles. The lowest BCUT2D eigenvalue weighted by Gasteiger charge is -2.61. The molecule has 2 unspecified atom stereocenters. The Balaban J connectivity index is 1.22. The summed E-state index contributed by atoms with van der Waals surface area (Å²) in [6, 6.07) is 6.39. The van der Waals surface area contributed by atoms with Crippen molar-refractivity contribution >= 4 is 40.7 Å². The Morgan fingerprint density at radius 1 is 0.754 bits per heavy atom. The van der Waals surface area contributed by atoms with Gasteiger partial charge in [0.15, 0.2) is 0 Å². The Morgan fingerprint density at radius 3 is 1.84 bits per heavy atom. The summed E-state index contributed by atoms with van der Waals surface area (Å²) in [5.41, 5.74) is 0.985. The molecule has 6 nitrogen and oxygen atoms in total. The molecule has 2 aromatic carbocycles. The lowest BCUT2D eigenvalue weighted by atomic mass is 9.44. The summed E-state index contributed by atoms with van der Waals surface area (Å²) in [5, 5.41) is 21.9. The van der Waals surface area contributed by atoms with Gasteiger partial charge in [0, 0.05) is 0 Å². The number of ether oxygens (including phenoxy) is 2. The summed E-state index contributed by atoms with van der Waals surface area (Å²) in [6.07, 6.45) is 20.2. The second-order valence-electron chi connectivity index (χ2n) is 22.7. The van der Waals surface area contributed by atoms with Gasteiger partial charge >= 0.3 is 11.9 Å². The number of carbonyl (C=O) groups is 2. The second-order valence-corrected chi connectivity index (χ2v) is 23.5. The maximum atomic E-state index is 13.4. The Kier molecular flexibility index (Phi) is 14.4. The zero-order valence-electron chi connectivity index (χ0n) is 39.2. The number of aromatic hydroxyl groups is 2. The summed E-state index contributed by atoms with van der Waals surface area (Å²) in [6.45, 7) is 23.3. The first-order valence-electron chi connectivity index (χ1n) is 23.6. The van der Waals surface area contributed by atoms with E-state index in [1.54, 1.807) is 65.8 Å². The molecular formula is C53H76Cl2O6. The SMILES string of the molecule is CC(C)CCC[C@@H](C)[C@H]1CC[C@H]2[C@@H]3CCC4CC(CCC=C(c5cc(Cl)c(O)c(C(=O)OC(C)(C)C)c5)c5cc(Cl)c(O)c(C(=O)OC(C)(C)C)c5)CC[C@]4(C)[C@H]3CC[C@]12C. The van der Waals surface area contributed by atoms with E-state index in [1.165, 1.54) is 77.0 Å². The number of halogens is 2. The number of carbonyl (C=O) groups excluding carboxylic acids is 2. The molecule has 6 rings (SSSR count). The van der Waals surface area contributed by atoms with Gasteiger partial charge in [-0.3, -0.25) is 0 Å². The molecule has 8 heteroatoms. The molecule has 4 aliphatic rings. The minimum absolute atomic E-state index is 0.00373. The molecule has 0 bridgehead atoms. The molecule has 2 N–H and O–H groups in total. The molecule has 4 saturated carbocycles. The third-order valence-electron chi connectivity index (χ3n) is 15.9. The van der Waals surface area contributed by atoms with Crippen molar-refractivity contribution in [2.24, 2.45) is 58.2 Å². The van der Waals surface area contributed by atoms with Crippen LogP contribution in [-0.2, 0) is 9.47 Å². The number of hydrogen-bond acceptors (Lipinski definition) is 6. The highest BCUT2D eigenvalue weighted by atomic mass is 35.5. The predicted molar refractivity (Wildman–Crippen MR) is 249 cm³/mol. The fourth-order valence-electron chi connectivity index (χ4n) is 13.0. The molecule has 4 aliphatic carbocycles. The van der Waals surface area contributed by atoms with E-state index in [1.807, 2.05) is 0 Å². The standard InChI is InChI=1S/C53H76Cl2O6/c1-31(2)14-12-15-32(3)41-20-21-42-38-19-18-36-26-33(22-24-52(36,10)43(38)23-25-53(41,42)11)16-13-17-37(34-27-39(46(56)44(54)29-34)48(58)60-50(4,5)6)35-28-40(47(57)45(55)30-35)49(59)61-51(7,8)9/h17,27-33,36,38,41-43,56-57H,12-16,18-26H2,1-11H3/t32-,33?,36?,38+,41-,42+,43+,52+,53-/m1/s1. The monoisotopic (exact) mass is 879 g/mol. The highest BCUT2D eigenvalue weighted by Gasteiger charge is 2.60. The van der Waals surface area contributed by atoms with Crippen molar-refractivity contribution in [1.29, 1.82) is 0 Å². The van der Waals surface area contributed by atoms with Crippen molar-refractivity contribution in [2.75, 3.05) is 0 Å². The number of hydrogen-bond donors (Lipinski definition) is 2. The van der Waals surface area contributed by atoms with Crippen LogP contribution < -0.4 is 0 Å². The molecule has 0 radical (unpaired) electrons. The first kappa shape index (κ1) is 47.8. The number of allylic oxidation sites excluding steroid dienone is 1. The van der Waals surface area contributed by atoms with Crippen LogP contribution in [-0.4, -0.2) is 33.4 Å². The highest BCUT2D eigenvalue weighted by Crippen LogP contribution is 2.69. The fraction of sp³-hybridized carbons (Fsp3) is 0.698. The molecule has 4 fully saturated rings. The average molecular weight is 880 g/mol. The lowest BCUT2D eigenvalue weighted by Crippen LogP contribution is -2.53.